The Bertz CT molecular complexity index is 995. The number of carbonyl (C=O) groups is 1. The SMILES string of the molecule is N#CC1=C(N)C(C#N)(C#N)C(c2cccc(OCC(N)=O)c2)[C@H]2CSCC=C12. The first kappa shape index (κ1) is 19.4. The van der Waals surface area contributed by atoms with Crippen molar-refractivity contribution in [1.82, 2.24) is 0 Å². The van der Waals surface area contributed by atoms with Crippen LogP contribution in [0.3, 0.4) is 0 Å². The van der Waals surface area contributed by atoms with Crippen LogP contribution >= 0.6 is 11.8 Å². The number of benzene rings is 1. The first-order valence-electron chi connectivity index (χ1n) is 8.50. The average Bonchev–Trinajstić information content (AvgIpc) is 2.71. The van der Waals surface area contributed by atoms with E-state index < -0.39 is 17.2 Å². The Kier molecular flexibility index (Phi) is 5.31. The van der Waals surface area contributed by atoms with Crippen LogP contribution in [0, 0.1) is 45.3 Å². The Morgan fingerprint density at radius 1 is 1.32 bits per heavy atom. The number of nitrogens with zero attached hydrogens (tertiary/aromatic N) is 3. The van der Waals surface area contributed by atoms with Crippen LogP contribution in [0.25, 0.3) is 0 Å². The van der Waals surface area contributed by atoms with Crippen LogP contribution in [0.15, 0.2) is 47.2 Å². The van der Waals surface area contributed by atoms with E-state index in [0.717, 1.165) is 11.3 Å². The summed E-state index contributed by atoms with van der Waals surface area (Å²) in [7, 11) is 0. The molecule has 0 saturated heterocycles. The zero-order valence-electron chi connectivity index (χ0n) is 14.9. The third-order valence-electron chi connectivity index (χ3n) is 5.03. The molecule has 4 N–H and O–H groups in total. The van der Waals surface area contributed by atoms with Gasteiger partial charge < -0.3 is 16.2 Å². The van der Waals surface area contributed by atoms with E-state index in [2.05, 4.69) is 18.2 Å². The molecule has 0 radical (unpaired) electrons. The van der Waals surface area contributed by atoms with E-state index in [1.165, 1.54) is 0 Å². The summed E-state index contributed by atoms with van der Waals surface area (Å²) in [5.41, 5.74) is 11.4. The van der Waals surface area contributed by atoms with Gasteiger partial charge in [0, 0.05) is 23.3 Å². The molecule has 1 amide bonds. The maximum atomic E-state index is 11.0. The lowest BCUT2D eigenvalue weighted by molar-refractivity contribution is -0.119. The van der Waals surface area contributed by atoms with Crippen molar-refractivity contribution in [3.05, 3.63) is 52.7 Å². The third kappa shape index (κ3) is 3.07. The summed E-state index contributed by atoms with van der Waals surface area (Å²) in [5.74, 6) is 0.411. The van der Waals surface area contributed by atoms with E-state index in [1.807, 2.05) is 6.08 Å². The van der Waals surface area contributed by atoms with Crippen molar-refractivity contribution < 1.29 is 9.53 Å². The number of hydrogen-bond acceptors (Lipinski definition) is 7. The zero-order chi connectivity index (χ0) is 20.3. The molecule has 1 unspecified atom stereocenters. The van der Waals surface area contributed by atoms with Crippen molar-refractivity contribution in [1.29, 1.82) is 15.8 Å². The molecule has 0 aromatic heterocycles. The minimum atomic E-state index is -1.67. The molecule has 140 valence electrons. The molecule has 2 atom stereocenters. The maximum absolute atomic E-state index is 11.0. The largest absolute Gasteiger partial charge is 0.484 e. The monoisotopic (exact) mass is 391 g/mol. The van der Waals surface area contributed by atoms with Gasteiger partial charge in [-0.25, -0.2) is 0 Å². The summed E-state index contributed by atoms with van der Waals surface area (Å²) < 4.78 is 5.38. The van der Waals surface area contributed by atoms with Crippen molar-refractivity contribution >= 4 is 17.7 Å². The van der Waals surface area contributed by atoms with Crippen LogP contribution in [0.5, 0.6) is 5.75 Å². The summed E-state index contributed by atoms with van der Waals surface area (Å²) in [6, 6.07) is 13.1. The zero-order valence-corrected chi connectivity index (χ0v) is 15.7. The molecule has 1 aromatic rings. The predicted octanol–water partition coefficient (Wildman–Crippen LogP) is 1.71. The van der Waals surface area contributed by atoms with E-state index in [-0.39, 0.29) is 23.8 Å². The standard InChI is InChI=1S/C20H17N5O2S/c21-7-15-14-4-5-28-9-16(14)18(20(10-22,11-23)19(15)25)12-2-1-3-13(6-12)27-8-17(24)26/h1-4,6,16,18H,5,8-9,25H2,(H2,24,26)/t16-,18?/m0/s1. The first-order valence-corrected chi connectivity index (χ1v) is 9.66. The van der Waals surface area contributed by atoms with Crippen LogP contribution < -0.4 is 16.2 Å². The highest BCUT2D eigenvalue weighted by Gasteiger charge is 2.53. The Morgan fingerprint density at radius 2 is 2.07 bits per heavy atom. The second kappa shape index (κ2) is 7.68. The lowest BCUT2D eigenvalue weighted by Gasteiger charge is -2.43. The molecule has 3 rings (SSSR count). The number of primary amides is 1. The van der Waals surface area contributed by atoms with E-state index in [0.29, 0.717) is 17.1 Å². The first-order chi connectivity index (χ1) is 13.5. The van der Waals surface area contributed by atoms with Crippen molar-refractivity contribution in [2.45, 2.75) is 5.92 Å². The van der Waals surface area contributed by atoms with E-state index in [9.17, 15) is 20.6 Å². The molecule has 1 heterocycles. The molecule has 1 aliphatic heterocycles. The predicted molar refractivity (Wildman–Crippen MR) is 103 cm³/mol. The van der Waals surface area contributed by atoms with Crippen LogP contribution in [-0.4, -0.2) is 24.0 Å². The number of nitriles is 3. The van der Waals surface area contributed by atoms with Gasteiger partial charge in [-0.3, -0.25) is 4.79 Å². The van der Waals surface area contributed by atoms with Crippen LogP contribution in [0.1, 0.15) is 11.5 Å². The smallest absolute Gasteiger partial charge is 0.255 e. The normalized spacial score (nSPS) is 22.7. The number of nitrogens with two attached hydrogens (primary N) is 2. The van der Waals surface area contributed by atoms with Crippen LogP contribution in [0.4, 0.5) is 0 Å². The minimum Gasteiger partial charge on any atom is -0.484 e. The highest BCUT2D eigenvalue weighted by Crippen LogP contribution is 2.55. The minimum absolute atomic E-state index is 0.0112. The summed E-state index contributed by atoms with van der Waals surface area (Å²) >= 11 is 1.67. The third-order valence-corrected chi connectivity index (χ3v) is 6.03. The number of carbonyl (C=O) groups excluding carboxylic acids is 1. The van der Waals surface area contributed by atoms with Gasteiger partial charge in [-0.2, -0.15) is 27.5 Å². The van der Waals surface area contributed by atoms with Crippen molar-refractivity contribution in [3.8, 4) is 24.0 Å². The number of ether oxygens (including phenoxy) is 1. The quantitative estimate of drug-likeness (QED) is 0.793. The molecule has 7 nitrogen and oxygen atoms in total. The van der Waals surface area contributed by atoms with Gasteiger partial charge in [0.25, 0.3) is 5.91 Å². The van der Waals surface area contributed by atoms with Crippen molar-refractivity contribution in [2.75, 3.05) is 18.1 Å². The lowest BCUT2D eigenvalue weighted by Crippen LogP contribution is -2.43. The number of amides is 1. The Balaban J connectivity index is 2.18. The highest BCUT2D eigenvalue weighted by molar-refractivity contribution is 7.99. The van der Waals surface area contributed by atoms with Gasteiger partial charge in [0.05, 0.1) is 23.4 Å². The molecule has 0 saturated carbocycles. The lowest BCUT2D eigenvalue weighted by atomic mass is 9.59. The fraction of sp³-hybridized carbons (Fsp3) is 0.300. The second-order valence-electron chi connectivity index (χ2n) is 6.54. The second-order valence-corrected chi connectivity index (χ2v) is 7.62. The van der Waals surface area contributed by atoms with Gasteiger partial charge in [-0.15, -0.1) is 0 Å². The van der Waals surface area contributed by atoms with Crippen LogP contribution in [-0.2, 0) is 4.79 Å². The molecule has 0 bridgehead atoms. The molecule has 0 spiro atoms. The molecule has 0 fully saturated rings. The Labute approximate surface area is 166 Å². The fourth-order valence-electron chi connectivity index (χ4n) is 3.81. The van der Waals surface area contributed by atoms with Crippen LogP contribution in [0.2, 0.25) is 0 Å². The molecular weight excluding hydrogens is 374 g/mol. The van der Waals surface area contributed by atoms with Gasteiger partial charge in [-0.1, -0.05) is 18.2 Å². The number of fused-ring (bicyclic) bond motifs is 1. The van der Waals surface area contributed by atoms with E-state index in [4.69, 9.17) is 16.2 Å². The summed E-state index contributed by atoms with van der Waals surface area (Å²) in [4.78, 5) is 11.0. The van der Waals surface area contributed by atoms with Crippen molar-refractivity contribution in [3.63, 3.8) is 0 Å². The van der Waals surface area contributed by atoms with E-state index in [1.54, 1.807) is 36.0 Å². The number of hydrogen-bond donors (Lipinski definition) is 2. The molecule has 1 aliphatic carbocycles. The molecular formula is C20H17N5O2S. The Hall–Kier alpha value is -3.41. The molecule has 8 heteroatoms. The van der Waals surface area contributed by atoms with Gasteiger partial charge in [0.1, 0.15) is 11.8 Å². The van der Waals surface area contributed by atoms with Gasteiger partial charge >= 0.3 is 0 Å². The fourth-order valence-corrected chi connectivity index (χ4v) is 4.87. The van der Waals surface area contributed by atoms with E-state index >= 15 is 0 Å². The molecule has 28 heavy (non-hydrogen) atoms. The number of rotatable bonds is 4. The van der Waals surface area contributed by atoms with Gasteiger partial charge in [-0.05, 0) is 23.3 Å². The van der Waals surface area contributed by atoms with Gasteiger partial charge in [0.15, 0.2) is 12.0 Å². The Morgan fingerprint density at radius 3 is 2.71 bits per heavy atom. The van der Waals surface area contributed by atoms with Gasteiger partial charge in [0.2, 0.25) is 0 Å². The number of allylic oxidation sites excluding steroid dienone is 3. The van der Waals surface area contributed by atoms with Crippen molar-refractivity contribution in [2.24, 2.45) is 22.8 Å². The summed E-state index contributed by atoms with van der Waals surface area (Å²) in [5, 5.41) is 29.6. The summed E-state index contributed by atoms with van der Waals surface area (Å²) in [6.45, 7) is -0.277. The summed E-state index contributed by atoms with van der Waals surface area (Å²) in [6.07, 6.45) is 1.95. The average molecular weight is 391 g/mol. The topological polar surface area (TPSA) is 150 Å². The maximum Gasteiger partial charge on any atom is 0.255 e. The number of thioether (sulfide) groups is 1. The molecule has 2 aliphatic rings. The highest BCUT2D eigenvalue weighted by atomic mass is 32.2. The molecule has 1 aromatic carbocycles.